The van der Waals surface area contributed by atoms with Gasteiger partial charge in [0.1, 0.15) is 5.75 Å². The number of hydrogen-bond donors (Lipinski definition) is 1. The van der Waals surface area contributed by atoms with E-state index < -0.39 is 17.7 Å². The largest absolute Gasteiger partial charge is 0.503 e. The van der Waals surface area contributed by atoms with Gasteiger partial charge in [-0.05, 0) is 41.2 Å². The molecule has 5 heteroatoms. The molecule has 0 bridgehead atoms. The number of benzene rings is 2. The lowest BCUT2D eigenvalue weighted by Gasteiger charge is -2.28. The van der Waals surface area contributed by atoms with Crippen LogP contribution in [0.4, 0.5) is 0 Å². The van der Waals surface area contributed by atoms with Crippen molar-refractivity contribution in [2.75, 3.05) is 6.61 Å². The van der Waals surface area contributed by atoms with Crippen LogP contribution in [0.2, 0.25) is 0 Å². The summed E-state index contributed by atoms with van der Waals surface area (Å²) in [5.74, 6) is -0.417. The third-order valence-electron chi connectivity index (χ3n) is 5.60. The molecule has 0 radical (unpaired) electrons. The number of nitrogens with zero attached hydrogens (tertiary/aromatic N) is 1. The number of Topliss-reactive ketones (excluding diaryl/α,β-unsaturated/α-hetero) is 1. The van der Waals surface area contributed by atoms with Gasteiger partial charge in [-0.15, -0.1) is 0 Å². The molecule has 1 aliphatic heterocycles. The van der Waals surface area contributed by atoms with Crippen LogP contribution < -0.4 is 4.74 Å². The number of carbonyl (C=O) groups excluding carboxylic acids is 2. The molecule has 1 aliphatic rings. The van der Waals surface area contributed by atoms with Gasteiger partial charge in [-0.3, -0.25) is 9.59 Å². The Morgan fingerprint density at radius 3 is 2.16 bits per heavy atom. The van der Waals surface area contributed by atoms with Gasteiger partial charge in [0, 0.05) is 13.0 Å². The summed E-state index contributed by atoms with van der Waals surface area (Å²) in [6.07, 6.45) is 0.222. The van der Waals surface area contributed by atoms with E-state index in [-0.39, 0.29) is 29.7 Å². The van der Waals surface area contributed by atoms with Gasteiger partial charge in [0.15, 0.2) is 11.5 Å². The zero-order chi connectivity index (χ0) is 22.8. The van der Waals surface area contributed by atoms with Crippen molar-refractivity contribution in [1.29, 1.82) is 0 Å². The highest BCUT2D eigenvalue weighted by molar-refractivity contribution is 6.08. The van der Waals surface area contributed by atoms with E-state index >= 15 is 0 Å². The number of ether oxygens (including phenoxy) is 1. The number of amides is 1. The number of carbonyl (C=O) groups is 2. The number of aliphatic hydroxyl groups is 1. The third kappa shape index (κ3) is 4.66. The molecule has 0 fully saturated rings. The molecule has 31 heavy (non-hydrogen) atoms. The van der Waals surface area contributed by atoms with Crippen LogP contribution in [0.1, 0.15) is 63.8 Å². The molecule has 164 valence electrons. The molecule has 1 amide bonds. The normalized spacial score (nSPS) is 16.7. The van der Waals surface area contributed by atoms with Gasteiger partial charge in [-0.1, -0.05) is 64.1 Å². The molecule has 5 nitrogen and oxygen atoms in total. The van der Waals surface area contributed by atoms with Crippen LogP contribution in [0.25, 0.3) is 0 Å². The first-order chi connectivity index (χ1) is 14.7. The van der Waals surface area contributed by atoms with Gasteiger partial charge < -0.3 is 14.7 Å². The lowest BCUT2D eigenvalue weighted by atomic mass is 9.85. The van der Waals surface area contributed by atoms with E-state index in [1.165, 1.54) is 0 Å². The van der Waals surface area contributed by atoms with Crippen molar-refractivity contribution in [3.8, 4) is 5.75 Å². The van der Waals surface area contributed by atoms with E-state index in [1.807, 2.05) is 55.5 Å². The summed E-state index contributed by atoms with van der Waals surface area (Å²) in [5.41, 5.74) is 3.04. The summed E-state index contributed by atoms with van der Waals surface area (Å²) in [4.78, 5) is 27.2. The van der Waals surface area contributed by atoms with Gasteiger partial charge in [-0.2, -0.15) is 0 Å². The minimum absolute atomic E-state index is 0.00787. The van der Waals surface area contributed by atoms with Gasteiger partial charge in [0.05, 0.1) is 18.2 Å². The molecule has 0 saturated heterocycles. The quantitative estimate of drug-likeness (QED) is 0.662. The highest BCUT2D eigenvalue weighted by Crippen LogP contribution is 2.40. The topological polar surface area (TPSA) is 66.8 Å². The molecule has 1 atom stereocenters. The lowest BCUT2D eigenvalue weighted by Crippen LogP contribution is -2.30. The fourth-order valence-electron chi connectivity index (χ4n) is 3.86. The Morgan fingerprint density at radius 1 is 1.03 bits per heavy atom. The third-order valence-corrected chi connectivity index (χ3v) is 5.60. The summed E-state index contributed by atoms with van der Waals surface area (Å²) >= 11 is 0. The van der Waals surface area contributed by atoms with Gasteiger partial charge in [-0.25, -0.2) is 0 Å². The Kier molecular flexibility index (Phi) is 6.54. The summed E-state index contributed by atoms with van der Waals surface area (Å²) in [7, 11) is 0. The number of ketones is 1. The van der Waals surface area contributed by atoms with Crippen molar-refractivity contribution in [3.05, 3.63) is 76.6 Å². The first kappa shape index (κ1) is 22.6. The maximum Gasteiger partial charge on any atom is 0.290 e. The summed E-state index contributed by atoms with van der Waals surface area (Å²) in [5, 5.41) is 10.6. The van der Waals surface area contributed by atoms with E-state index in [1.54, 1.807) is 11.8 Å². The monoisotopic (exact) mass is 421 g/mol. The molecule has 0 spiro atoms. The zero-order valence-electron chi connectivity index (χ0n) is 18.9. The molecule has 0 aromatic heterocycles. The highest BCUT2D eigenvalue weighted by Gasteiger charge is 2.42. The van der Waals surface area contributed by atoms with Crippen molar-refractivity contribution in [1.82, 2.24) is 4.90 Å². The second-order valence-corrected chi connectivity index (χ2v) is 8.82. The van der Waals surface area contributed by atoms with Crippen LogP contribution in [-0.2, 0) is 21.5 Å². The average Bonchev–Trinajstić information content (AvgIpc) is 2.99. The van der Waals surface area contributed by atoms with E-state index in [0.717, 1.165) is 22.4 Å². The predicted molar refractivity (Wildman–Crippen MR) is 121 cm³/mol. The van der Waals surface area contributed by atoms with Crippen molar-refractivity contribution in [2.45, 2.75) is 59.0 Å². The smallest absolute Gasteiger partial charge is 0.290 e. The van der Waals surface area contributed by atoms with Crippen LogP contribution in [0, 0.1) is 0 Å². The van der Waals surface area contributed by atoms with Crippen molar-refractivity contribution >= 4 is 11.7 Å². The Morgan fingerprint density at radius 2 is 1.65 bits per heavy atom. The van der Waals surface area contributed by atoms with Crippen LogP contribution in [0.5, 0.6) is 5.75 Å². The Labute approximate surface area is 184 Å². The molecule has 1 N–H and O–H groups in total. The molecule has 1 unspecified atom stereocenters. The Balaban J connectivity index is 1.98. The van der Waals surface area contributed by atoms with Gasteiger partial charge in [0.2, 0.25) is 0 Å². The second kappa shape index (κ2) is 8.96. The predicted octanol–water partition coefficient (Wildman–Crippen LogP) is 5.26. The molecule has 3 rings (SSSR count). The van der Waals surface area contributed by atoms with Crippen LogP contribution in [0.3, 0.4) is 0 Å². The lowest BCUT2D eigenvalue weighted by molar-refractivity contribution is -0.130. The first-order valence-electron chi connectivity index (χ1n) is 10.8. The molecule has 0 aliphatic carbocycles. The van der Waals surface area contributed by atoms with E-state index in [2.05, 4.69) is 20.8 Å². The van der Waals surface area contributed by atoms with Gasteiger partial charge >= 0.3 is 0 Å². The van der Waals surface area contributed by atoms with Crippen LogP contribution in [0.15, 0.2) is 59.9 Å². The van der Waals surface area contributed by atoms with Crippen LogP contribution >= 0.6 is 0 Å². The highest BCUT2D eigenvalue weighted by atomic mass is 16.5. The number of aliphatic hydroxyl groups excluding tert-OH is 1. The average molecular weight is 422 g/mol. The van der Waals surface area contributed by atoms with E-state index in [9.17, 15) is 14.7 Å². The molecule has 1 heterocycles. The number of rotatable bonds is 7. The molecule has 0 saturated carbocycles. The molecule has 2 aromatic carbocycles. The Hall–Kier alpha value is -3.08. The standard InChI is InChI=1S/C26H31NO4/c1-6-21(28)22-23(18-10-12-19(13-11-18)26(3,4)5)27(25(30)24(22)29)16-17-8-14-20(15-9-17)31-7-2/h8-15,23,29H,6-7,16H2,1-5H3. The van der Waals surface area contributed by atoms with Crippen LogP contribution in [-0.4, -0.2) is 28.3 Å². The summed E-state index contributed by atoms with van der Waals surface area (Å²) in [6.45, 7) is 10.9. The maximum atomic E-state index is 13.0. The fourth-order valence-corrected chi connectivity index (χ4v) is 3.86. The Bertz CT molecular complexity index is 982. The number of hydrogen-bond acceptors (Lipinski definition) is 4. The van der Waals surface area contributed by atoms with Crippen molar-refractivity contribution in [2.24, 2.45) is 0 Å². The summed E-state index contributed by atoms with van der Waals surface area (Å²) < 4.78 is 5.49. The molecular weight excluding hydrogens is 390 g/mol. The van der Waals surface area contributed by atoms with Crippen molar-refractivity contribution in [3.63, 3.8) is 0 Å². The zero-order valence-corrected chi connectivity index (χ0v) is 18.9. The molecular formula is C26H31NO4. The fraction of sp³-hybridized carbons (Fsp3) is 0.385. The minimum Gasteiger partial charge on any atom is -0.503 e. The minimum atomic E-state index is -0.611. The second-order valence-electron chi connectivity index (χ2n) is 8.82. The van der Waals surface area contributed by atoms with Gasteiger partial charge in [0.25, 0.3) is 5.91 Å². The SMILES string of the molecule is CCOc1ccc(CN2C(=O)C(O)=C(C(=O)CC)C2c2ccc(C(C)(C)C)cc2)cc1. The summed E-state index contributed by atoms with van der Waals surface area (Å²) in [6, 6.07) is 14.9. The first-order valence-corrected chi connectivity index (χ1v) is 10.8. The van der Waals surface area contributed by atoms with E-state index in [4.69, 9.17) is 4.74 Å². The molecule has 2 aromatic rings. The van der Waals surface area contributed by atoms with Crippen molar-refractivity contribution < 1.29 is 19.4 Å². The van der Waals surface area contributed by atoms with E-state index in [0.29, 0.717) is 6.61 Å². The maximum absolute atomic E-state index is 13.0.